The highest BCUT2D eigenvalue weighted by molar-refractivity contribution is 7.99. The minimum absolute atomic E-state index is 0.0620. The SMILES string of the molecule is O=[PH](O)OCCCNCc1ccc(SCCCCC2(c3ccc(F)cc3)CCCC2)c(C(F)(F)F)c1. The van der Waals surface area contributed by atoms with Crippen molar-refractivity contribution in [3.05, 3.63) is 65.0 Å². The first-order valence-corrected chi connectivity index (χ1v) is 14.6. The van der Waals surface area contributed by atoms with Crippen LogP contribution in [0.2, 0.25) is 0 Å². The van der Waals surface area contributed by atoms with Crippen LogP contribution in [0.5, 0.6) is 0 Å². The Morgan fingerprint density at radius 3 is 2.44 bits per heavy atom. The van der Waals surface area contributed by atoms with Gasteiger partial charge in [-0.2, -0.15) is 13.2 Å². The summed E-state index contributed by atoms with van der Waals surface area (Å²) in [5, 5.41) is 3.03. The van der Waals surface area contributed by atoms with Gasteiger partial charge in [0.05, 0.1) is 12.2 Å². The maximum absolute atomic E-state index is 13.7. The molecule has 0 heterocycles. The largest absolute Gasteiger partial charge is 0.417 e. The van der Waals surface area contributed by atoms with E-state index >= 15 is 0 Å². The fourth-order valence-corrected chi connectivity index (χ4v) is 6.29. The Morgan fingerprint density at radius 2 is 1.78 bits per heavy atom. The highest BCUT2D eigenvalue weighted by Gasteiger charge is 2.35. The van der Waals surface area contributed by atoms with E-state index in [-0.39, 0.29) is 29.3 Å². The van der Waals surface area contributed by atoms with Crippen LogP contribution in [0.25, 0.3) is 0 Å². The topological polar surface area (TPSA) is 58.6 Å². The Kier molecular flexibility index (Phi) is 11.3. The monoisotopic (exact) mass is 547 g/mol. The third-order valence-electron chi connectivity index (χ3n) is 6.73. The number of benzene rings is 2. The van der Waals surface area contributed by atoms with Crippen molar-refractivity contribution in [2.45, 2.75) is 74.4 Å². The van der Waals surface area contributed by atoms with E-state index in [0.29, 0.717) is 24.3 Å². The average molecular weight is 548 g/mol. The van der Waals surface area contributed by atoms with Gasteiger partial charge in [0, 0.05) is 11.4 Å². The van der Waals surface area contributed by atoms with Crippen molar-refractivity contribution in [2.75, 3.05) is 18.9 Å². The number of thioether (sulfide) groups is 1. The molecule has 2 aromatic rings. The van der Waals surface area contributed by atoms with Crippen LogP contribution in [0.3, 0.4) is 0 Å². The number of unbranched alkanes of at least 4 members (excludes halogenated alkanes) is 1. The molecule has 1 unspecified atom stereocenters. The molecule has 10 heteroatoms. The fourth-order valence-electron chi connectivity index (χ4n) is 4.91. The number of hydrogen-bond acceptors (Lipinski definition) is 4. The van der Waals surface area contributed by atoms with Crippen LogP contribution in [-0.4, -0.2) is 23.8 Å². The van der Waals surface area contributed by atoms with E-state index in [1.54, 1.807) is 12.1 Å². The van der Waals surface area contributed by atoms with Crippen LogP contribution >= 0.6 is 20.0 Å². The summed E-state index contributed by atoms with van der Waals surface area (Å²) in [7, 11) is -2.95. The Balaban J connectivity index is 1.49. The van der Waals surface area contributed by atoms with Gasteiger partial charge in [-0.05, 0) is 85.2 Å². The Bertz CT molecular complexity index is 982. The lowest BCUT2D eigenvalue weighted by Gasteiger charge is -2.30. The molecule has 0 saturated heterocycles. The third-order valence-corrected chi connectivity index (χ3v) is 8.34. The maximum Gasteiger partial charge on any atom is 0.417 e. The van der Waals surface area contributed by atoms with Gasteiger partial charge in [0.25, 0.3) is 0 Å². The second-order valence-electron chi connectivity index (χ2n) is 9.27. The second kappa shape index (κ2) is 14.0. The molecule has 1 aliphatic rings. The molecule has 4 nitrogen and oxygen atoms in total. The minimum atomic E-state index is -4.43. The van der Waals surface area contributed by atoms with Crippen molar-refractivity contribution >= 4 is 20.0 Å². The van der Waals surface area contributed by atoms with Crippen molar-refractivity contribution in [2.24, 2.45) is 0 Å². The number of alkyl halides is 3. The standard InChI is InChI=1S/C26H34F4NO3PS/c27-22-9-7-21(8-10-22)25(12-1-2-13-25)14-3-4-17-36-24-11-6-20(18-23(24)26(28,29)30)19-31-15-5-16-34-35(32)33/h6-11,18,31,35H,1-5,12-17,19H2,(H,32,33). The van der Waals surface area contributed by atoms with Gasteiger partial charge in [-0.3, -0.25) is 4.57 Å². The minimum Gasteiger partial charge on any atom is -0.326 e. The van der Waals surface area contributed by atoms with Crippen LogP contribution in [-0.2, 0) is 27.2 Å². The van der Waals surface area contributed by atoms with Crippen LogP contribution in [0, 0.1) is 5.82 Å². The summed E-state index contributed by atoms with van der Waals surface area (Å²) in [4.78, 5) is 8.85. The van der Waals surface area contributed by atoms with Gasteiger partial charge in [-0.25, -0.2) is 4.39 Å². The third kappa shape index (κ3) is 8.88. The van der Waals surface area contributed by atoms with E-state index in [1.807, 2.05) is 12.1 Å². The van der Waals surface area contributed by atoms with Crippen molar-refractivity contribution < 1.29 is 31.5 Å². The molecule has 3 rings (SSSR count). The highest BCUT2D eigenvalue weighted by atomic mass is 32.2. The Morgan fingerprint density at radius 1 is 1.06 bits per heavy atom. The van der Waals surface area contributed by atoms with Crippen LogP contribution in [0.1, 0.15) is 68.1 Å². The van der Waals surface area contributed by atoms with Gasteiger partial charge >= 0.3 is 14.4 Å². The molecule has 1 atom stereocenters. The lowest BCUT2D eigenvalue weighted by molar-refractivity contribution is -0.139. The van der Waals surface area contributed by atoms with Gasteiger partial charge in [0.2, 0.25) is 0 Å². The van der Waals surface area contributed by atoms with E-state index in [1.165, 1.54) is 35.5 Å². The molecule has 1 aliphatic carbocycles. The molecular weight excluding hydrogens is 513 g/mol. The van der Waals surface area contributed by atoms with Crippen molar-refractivity contribution in [1.29, 1.82) is 0 Å². The molecular formula is C26H34F4NO3PS. The zero-order chi connectivity index (χ0) is 26.0. The molecule has 0 amide bonds. The van der Waals surface area contributed by atoms with E-state index in [4.69, 9.17) is 4.89 Å². The molecule has 0 aromatic heterocycles. The first kappa shape index (κ1) is 29.2. The van der Waals surface area contributed by atoms with E-state index in [9.17, 15) is 22.1 Å². The second-order valence-corrected chi connectivity index (χ2v) is 11.2. The van der Waals surface area contributed by atoms with E-state index in [2.05, 4.69) is 9.84 Å². The number of hydrogen-bond donors (Lipinski definition) is 2. The molecule has 200 valence electrons. The van der Waals surface area contributed by atoms with Gasteiger partial charge in [0.15, 0.2) is 0 Å². The highest BCUT2D eigenvalue weighted by Crippen LogP contribution is 2.45. The molecule has 0 aliphatic heterocycles. The molecule has 2 N–H and O–H groups in total. The summed E-state index contributed by atoms with van der Waals surface area (Å²) >= 11 is 1.24. The summed E-state index contributed by atoms with van der Waals surface area (Å²) < 4.78 is 69.6. The van der Waals surface area contributed by atoms with Crippen molar-refractivity contribution in [3.63, 3.8) is 0 Å². The first-order chi connectivity index (χ1) is 17.2. The average Bonchev–Trinajstić information content (AvgIpc) is 3.31. The van der Waals surface area contributed by atoms with Crippen molar-refractivity contribution in [3.8, 4) is 0 Å². The van der Waals surface area contributed by atoms with Crippen LogP contribution in [0.4, 0.5) is 17.6 Å². The molecule has 36 heavy (non-hydrogen) atoms. The van der Waals surface area contributed by atoms with Gasteiger partial charge < -0.3 is 14.7 Å². The normalized spacial score (nSPS) is 16.4. The summed E-state index contributed by atoms with van der Waals surface area (Å²) in [6, 6.07) is 11.2. The molecule has 0 radical (unpaired) electrons. The number of halogens is 4. The molecule has 1 saturated carbocycles. The van der Waals surface area contributed by atoms with Gasteiger partial charge in [0.1, 0.15) is 5.82 Å². The van der Waals surface area contributed by atoms with Crippen LogP contribution in [0.15, 0.2) is 47.4 Å². The predicted octanol–water partition coefficient (Wildman–Crippen LogP) is 7.50. The number of rotatable bonds is 14. The molecule has 0 spiro atoms. The van der Waals surface area contributed by atoms with E-state index in [0.717, 1.165) is 44.9 Å². The maximum atomic E-state index is 13.7. The molecule has 0 bridgehead atoms. The lowest BCUT2D eigenvalue weighted by atomic mass is 9.75. The summed E-state index contributed by atoms with van der Waals surface area (Å²) in [6.45, 7) is 0.857. The summed E-state index contributed by atoms with van der Waals surface area (Å²) in [6.07, 6.45) is 3.22. The first-order valence-electron chi connectivity index (χ1n) is 12.3. The summed E-state index contributed by atoms with van der Waals surface area (Å²) in [5.41, 5.74) is 1.15. The zero-order valence-corrected chi connectivity index (χ0v) is 22.0. The lowest BCUT2D eigenvalue weighted by Crippen LogP contribution is -2.22. The molecule has 2 aromatic carbocycles. The quantitative estimate of drug-likeness (QED) is 0.111. The van der Waals surface area contributed by atoms with Crippen LogP contribution < -0.4 is 5.32 Å². The number of nitrogens with one attached hydrogen (secondary N) is 1. The Hall–Kier alpha value is -1.38. The van der Waals surface area contributed by atoms with E-state index < -0.39 is 20.0 Å². The Labute approximate surface area is 215 Å². The molecule has 1 fully saturated rings. The smallest absolute Gasteiger partial charge is 0.326 e. The van der Waals surface area contributed by atoms with Gasteiger partial charge in [-0.1, -0.05) is 37.5 Å². The summed E-state index contributed by atoms with van der Waals surface area (Å²) in [5.74, 6) is 0.367. The van der Waals surface area contributed by atoms with Crippen molar-refractivity contribution in [1.82, 2.24) is 5.32 Å². The zero-order valence-electron chi connectivity index (χ0n) is 20.2. The fraction of sp³-hybridized carbons (Fsp3) is 0.538. The van der Waals surface area contributed by atoms with Gasteiger partial charge in [-0.15, -0.1) is 11.8 Å². The predicted molar refractivity (Wildman–Crippen MR) is 136 cm³/mol.